The van der Waals surface area contributed by atoms with Crippen molar-refractivity contribution < 1.29 is 77.7 Å². The van der Waals surface area contributed by atoms with Crippen molar-refractivity contribution in [1.29, 1.82) is 0 Å². The molecule has 4 rings (SSSR count). The van der Waals surface area contributed by atoms with Crippen molar-refractivity contribution in [2.24, 2.45) is 0 Å². The third kappa shape index (κ3) is 10.9. The van der Waals surface area contributed by atoms with E-state index in [2.05, 4.69) is 19.4 Å². The number of nitrogens with zero attached hydrogens (tertiary/aromatic N) is 2. The second-order valence-corrected chi connectivity index (χ2v) is 9.21. The molecule has 0 saturated carbocycles. The maximum atomic E-state index is 13.9. The molecule has 0 bridgehead atoms. The summed E-state index contributed by atoms with van der Waals surface area (Å²) < 4.78 is 136. The molecule has 0 unspecified atom stereocenters. The van der Waals surface area contributed by atoms with E-state index in [1.807, 2.05) is 5.32 Å². The molecule has 0 aliphatic rings. The number of carbonyl (C=O) groups excluding carboxylic acids is 3. The number of halogens is 10. The first-order valence-electron chi connectivity index (χ1n) is 13.1. The van der Waals surface area contributed by atoms with Crippen LogP contribution in [0.2, 0.25) is 0 Å². The fraction of sp³-hybridized carbons (Fsp3) is 0.133. The van der Waals surface area contributed by atoms with Crippen LogP contribution in [0.15, 0.2) is 60.9 Å². The van der Waals surface area contributed by atoms with Gasteiger partial charge in [-0.1, -0.05) is 0 Å². The van der Waals surface area contributed by atoms with Gasteiger partial charge >= 0.3 is 30.3 Å². The Morgan fingerprint density at radius 2 is 1.10 bits per heavy atom. The summed E-state index contributed by atoms with van der Waals surface area (Å²) in [5, 5.41) is 10.3. The highest BCUT2D eigenvalue weighted by molar-refractivity contribution is 6.05. The summed E-state index contributed by atoms with van der Waals surface area (Å²) in [5.41, 5.74) is -0.603. The lowest BCUT2D eigenvalue weighted by Gasteiger charge is -2.12. The third-order valence-electron chi connectivity index (χ3n) is 5.83. The number of nitrogens with two attached hydrogens (primary N) is 1. The number of benzene rings is 2. The van der Waals surface area contributed by atoms with Crippen LogP contribution in [0.3, 0.4) is 0 Å². The Bertz CT molecular complexity index is 1900. The predicted molar refractivity (Wildman–Crippen MR) is 153 cm³/mol. The molecule has 11 nitrogen and oxygen atoms in total. The zero-order valence-corrected chi connectivity index (χ0v) is 25.4. The standard InChI is InChI=1S/C15H9F5N2O3.C8H3F5O2.C7H8N2O2/c1-25-14(24)10-5-2-7(6-21-10)22-13(23)11-9(16)4-3-8(12(11)17)15(18,19)20;9-4-2-1-3(8(11,12)13)6(10)5(4)7(14)15;1-11-7(10)6-3-2-5(8)4-9-6/h2-6H,1H3,(H,22,23);1-2H,(H,14,15);2-4H,8H2,1H3. The summed E-state index contributed by atoms with van der Waals surface area (Å²) in [4.78, 5) is 51.6. The second-order valence-electron chi connectivity index (χ2n) is 9.21. The fourth-order valence-corrected chi connectivity index (χ4v) is 3.46. The van der Waals surface area contributed by atoms with Crippen molar-refractivity contribution in [3.05, 3.63) is 118 Å². The highest BCUT2D eigenvalue weighted by atomic mass is 19.4. The lowest BCUT2D eigenvalue weighted by atomic mass is 10.1. The number of aromatic nitrogens is 2. The van der Waals surface area contributed by atoms with Crippen LogP contribution >= 0.6 is 0 Å². The summed E-state index contributed by atoms with van der Waals surface area (Å²) >= 11 is 0. The summed E-state index contributed by atoms with van der Waals surface area (Å²) in [6.07, 6.45) is -7.75. The molecule has 0 atom stereocenters. The van der Waals surface area contributed by atoms with Gasteiger partial charge in [-0.05, 0) is 48.5 Å². The normalized spacial score (nSPS) is 10.8. The van der Waals surface area contributed by atoms with Crippen LogP contribution in [-0.4, -0.2) is 53.1 Å². The molecule has 0 spiro atoms. The first-order valence-corrected chi connectivity index (χ1v) is 13.1. The number of hydrogen-bond acceptors (Lipinski definition) is 9. The molecule has 21 heteroatoms. The Morgan fingerprint density at radius 3 is 1.47 bits per heavy atom. The monoisotopic (exact) mass is 738 g/mol. The number of alkyl halides is 6. The molecule has 272 valence electrons. The number of anilines is 2. The van der Waals surface area contributed by atoms with Crippen molar-refractivity contribution in [2.75, 3.05) is 25.3 Å². The van der Waals surface area contributed by atoms with Gasteiger partial charge in [0.1, 0.15) is 34.1 Å². The maximum absolute atomic E-state index is 13.9. The zero-order valence-electron chi connectivity index (χ0n) is 25.4. The number of pyridine rings is 2. The molecule has 2 heterocycles. The summed E-state index contributed by atoms with van der Waals surface area (Å²) in [6, 6.07) is 6.39. The van der Waals surface area contributed by atoms with E-state index in [0.717, 1.165) is 19.4 Å². The molecular weight excluding hydrogens is 718 g/mol. The number of esters is 2. The Hall–Kier alpha value is -6.28. The van der Waals surface area contributed by atoms with Gasteiger partial charge in [0.2, 0.25) is 0 Å². The zero-order chi connectivity index (χ0) is 38.8. The van der Waals surface area contributed by atoms with E-state index in [9.17, 15) is 63.1 Å². The molecule has 0 fully saturated rings. The van der Waals surface area contributed by atoms with Gasteiger partial charge in [-0.2, -0.15) is 26.3 Å². The van der Waals surface area contributed by atoms with E-state index in [0.29, 0.717) is 11.8 Å². The minimum absolute atomic E-state index is 0.0890. The highest BCUT2D eigenvalue weighted by Gasteiger charge is 2.38. The van der Waals surface area contributed by atoms with Crippen LogP contribution in [0.5, 0.6) is 0 Å². The summed E-state index contributed by atoms with van der Waals surface area (Å²) in [6.45, 7) is 0. The second kappa shape index (κ2) is 16.9. The number of methoxy groups -OCH3 is 2. The van der Waals surface area contributed by atoms with Crippen LogP contribution in [0.25, 0.3) is 0 Å². The number of ether oxygens (including phenoxy) is 2. The Morgan fingerprint density at radius 1 is 0.667 bits per heavy atom. The van der Waals surface area contributed by atoms with E-state index in [1.165, 1.54) is 25.4 Å². The molecule has 2 aromatic heterocycles. The number of carboxylic acids is 1. The van der Waals surface area contributed by atoms with Crippen LogP contribution in [-0.2, 0) is 21.8 Å². The quantitative estimate of drug-likeness (QED) is 0.151. The molecule has 51 heavy (non-hydrogen) atoms. The van der Waals surface area contributed by atoms with Crippen LogP contribution in [0.1, 0.15) is 52.8 Å². The average Bonchev–Trinajstić information content (AvgIpc) is 3.04. The number of carbonyl (C=O) groups is 4. The van der Waals surface area contributed by atoms with Gasteiger partial charge in [0.15, 0.2) is 11.6 Å². The third-order valence-corrected chi connectivity index (χ3v) is 5.83. The molecule has 1 amide bonds. The van der Waals surface area contributed by atoms with E-state index in [-0.39, 0.29) is 35.3 Å². The number of amides is 1. The highest BCUT2D eigenvalue weighted by Crippen LogP contribution is 2.34. The van der Waals surface area contributed by atoms with Crippen molar-refractivity contribution >= 4 is 35.2 Å². The van der Waals surface area contributed by atoms with Crippen molar-refractivity contribution in [3.63, 3.8) is 0 Å². The van der Waals surface area contributed by atoms with Crippen molar-refractivity contribution in [1.82, 2.24) is 9.97 Å². The van der Waals surface area contributed by atoms with Gasteiger partial charge in [-0.25, -0.2) is 41.9 Å². The fourth-order valence-electron chi connectivity index (χ4n) is 3.46. The van der Waals surface area contributed by atoms with E-state index in [1.54, 1.807) is 6.07 Å². The minimum atomic E-state index is -5.09. The number of carboxylic acid groups (broad SMARTS) is 1. The summed E-state index contributed by atoms with van der Waals surface area (Å²) in [5.74, 6) is -11.9. The molecule has 4 N–H and O–H groups in total. The van der Waals surface area contributed by atoms with Gasteiger partial charge in [0.25, 0.3) is 5.91 Å². The molecule has 0 saturated heterocycles. The lowest BCUT2D eigenvalue weighted by molar-refractivity contribution is -0.141. The largest absolute Gasteiger partial charge is 0.477 e. The molecule has 4 aromatic rings. The van der Waals surface area contributed by atoms with Crippen LogP contribution < -0.4 is 11.1 Å². The number of nitrogens with one attached hydrogen (secondary N) is 1. The first-order chi connectivity index (χ1) is 23.6. The molecule has 0 radical (unpaired) electrons. The Labute approximate surface area is 278 Å². The topological polar surface area (TPSA) is 171 Å². The average molecular weight is 738 g/mol. The molecular formula is C30H20F10N4O7. The van der Waals surface area contributed by atoms with Gasteiger partial charge in [-0.3, -0.25) is 4.79 Å². The van der Waals surface area contributed by atoms with Gasteiger partial charge in [-0.15, -0.1) is 0 Å². The minimum Gasteiger partial charge on any atom is -0.477 e. The maximum Gasteiger partial charge on any atom is 0.419 e. The van der Waals surface area contributed by atoms with Gasteiger partial charge in [0, 0.05) is 0 Å². The van der Waals surface area contributed by atoms with Gasteiger partial charge in [0.05, 0.1) is 49.1 Å². The molecule has 2 aromatic carbocycles. The predicted octanol–water partition coefficient (Wildman–Crippen LogP) is 6.55. The summed E-state index contributed by atoms with van der Waals surface area (Å²) in [7, 11) is 2.43. The number of aromatic carboxylic acids is 1. The lowest BCUT2D eigenvalue weighted by Crippen LogP contribution is -2.19. The Balaban J connectivity index is 0.000000293. The first kappa shape index (κ1) is 40.9. The van der Waals surface area contributed by atoms with E-state index in [4.69, 9.17) is 10.8 Å². The molecule has 0 aliphatic heterocycles. The van der Waals surface area contributed by atoms with E-state index >= 15 is 0 Å². The van der Waals surface area contributed by atoms with Crippen molar-refractivity contribution in [3.8, 4) is 0 Å². The number of hydrogen-bond donors (Lipinski definition) is 3. The van der Waals surface area contributed by atoms with Crippen LogP contribution in [0.4, 0.5) is 55.3 Å². The Kier molecular flexibility index (Phi) is 13.5. The number of nitrogen functional groups attached to an aromatic ring is 1. The molecule has 0 aliphatic carbocycles. The van der Waals surface area contributed by atoms with Gasteiger partial charge < -0.3 is 25.6 Å². The van der Waals surface area contributed by atoms with Crippen LogP contribution in [0, 0.1) is 23.3 Å². The van der Waals surface area contributed by atoms with Crippen molar-refractivity contribution in [2.45, 2.75) is 12.4 Å². The smallest absolute Gasteiger partial charge is 0.419 e. The number of rotatable bonds is 5. The SMILES string of the molecule is COC(=O)c1ccc(N)cn1.COC(=O)c1ccc(NC(=O)c2c(F)ccc(C(F)(F)F)c2F)cn1.O=C(O)c1c(F)ccc(C(F)(F)F)c1F. The van der Waals surface area contributed by atoms with E-state index < -0.39 is 81.7 Å².